The Morgan fingerprint density at radius 1 is 1.00 bits per heavy atom. The van der Waals surface area contributed by atoms with Gasteiger partial charge in [-0.3, -0.25) is 4.79 Å². The molecule has 2 aromatic carbocycles. The average molecular weight is 437 g/mol. The van der Waals surface area contributed by atoms with Crippen LogP contribution in [0.15, 0.2) is 60.7 Å². The van der Waals surface area contributed by atoms with Gasteiger partial charge in [-0.25, -0.2) is 9.67 Å². The number of carbonyl (C=O) groups excluding carboxylic acids is 1. The van der Waals surface area contributed by atoms with Crippen LogP contribution in [0.2, 0.25) is 0 Å². The smallest absolute Gasteiger partial charge is 0.220 e. The number of fused-ring (bicyclic) bond motifs is 1. The Morgan fingerprint density at radius 3 is 2.42 bits per heavy atom. The number of nitrogen functional groups attached to an aromatic ring is 1. The van der Waals surface area contributed by atoms with Crippen LogP contribution in [0.4, 0.5) is 5.82 Å². The molecule has 1 saturated carbocycles. The van der Waals surface area contributed by atoms with Crippen molar-refractivity contribution in [2.45, 2.75) is 31.7 Å². The molecular weight excluding hydrogens is 412 g/mol. The number of nitriles is 1. The van der Waals surface area contributed by atoms with Gasteiger partial charge in [0.25, 0.3) is 0 Å². The monoisotopic (exact) mass is 436 g/mol. The van der Waals surface area contributed by atoms with Gasteiger partial charge in [-0.2, -0.15) is 10.4 Å². The topological polar surface area (TPSA) is 124 Å². The molecule has 2 aromatic heterocycles. The van der Waals surface area contributed by atoms with Crippen molar-refractivity contribution < 1.29 is 4.79 Å². The Labute approximate surface area is 191 Å². The van der Waals surface area contributed by atoms with E-state index in [2.05, 4.69) is 6.07 Å². The highest BCUT2D eigenvalue weighted by atomic mass is 16.1. The molecule has 7 heteroatoms. The van der Waals surface area contributed by atoms with E-state index in [1.165, 1.54) is 0 Å². The van der Waals surface area contributed by atoms with Gasteiger partial charge in [0.1, 0.15) is 23.1 Å². The SMILES string of the molecule is N#Cc1c(-c2ccc3ccc(-c4ccccc4)nc3c2)nn(C2CCC(C(N)=O)CC2)c1N. The molecule has 0 unspecified atom stereocenters. The van der Waals surface area contributed by atoms with Gasteiger partial charge in [-0.1, -0.05) is 48.5 Å². The van der Waals surface area contributed by atoms with Crippen molar-refractivity contribution in [1.29, 1.82) is 5.26 Å². The van der Waals surface area contributed by atoms with E-state index < -0.39 is 0 Å². The van der Waals surface area contributed by atoms with E-state index in [-0.39, 0.29) is 17.9 Å². The molecule has 0 radical (unpaired) electrons. The summed E-state index contributed by atoms with van der Waals surface area (Å²) < 4.78 is 1.75. The number of pyridine rings is 1. The van der Waals surface area contributed by atoms with Crippen LogP contribution in [0.5, 0.6) is 0 Å². The average Bonchev–Trinajstić information content (AvgIpc) is 3.20. The van der Waals surface area contributed by atoms with Crippen molar-refractivity contribution in [3.05, 3.63) is 66.2 Å². The van der Waals surface area contributed by atoms with Crippen molar-refractivity contribution >= 4 is 22.6 Å². The highest BCUT2D eigenvalue weighted by molar-refractivity contribution is 5.87. The second-order valence-electron chi connectivity index (χ2n) is 8.54. The van der Waals surface area contributed by atoms with Crippen molar-refractivity contribution in [2.24, 2.45) is 11.7 Å². The maximum Gasteiger partial charge on any atom is 0.220 e. The number of primary amides is 1. The van der Waals surface area contributed by atoms with Gasteiger partial charge in [0.15, 0.2) is 0 Å². The second kappa shape index (κ2) is 8.40. The predicted molar refractivity (Wildman–Crippen MR) is 128 cm³/mol. The number of rotatable bonds is 4. The van der Waals surface area contributed by atoms with E-state index >= 15 is 0 Å². The Balaban J connectivity index is 1.52. The standard InChI is InChI=1S/C26H24N6O/c27-15-21-24(31-32(25(21)28)20-11-8-18(9-12-20)26(29)33)19-7-6-17-10-13-22(30-23(17)14-19)16-4-2-1-3-5-16/h1-7,10,13-14,18,20H,8-9,11-12,28H2,(H2,29,33). The Bertz CT molecular complexity index is 1380. The lowest BCUT2D eigenvalue weighted by Gasteiger charge is -2.27. The number of aromatic nitrogens is 3. The van der Waals surface area contributed by atoms with Crippen LogP contribution in [0.3, 0.4) is 0 Å². The lowest BCUT2D eigenvalue weighted by Crippen LogP contribution is -2.29. The minimum atomic E-state index is -0.251. The maximum atomic E-state index is 11.5. The number of nitrogens with zero attached hydrogens (tertiary/aromatic N) is 4. The van der Waals surface area contributed by atoms with Gasteiger partial charge < -0.3 is 11.5 Å². The fraction of sp³-hybridized carbons (Fsp3) is 0.231. The molecule has 1 aliphatic rings. The molecule has 0 atom stereocenters. The Hall–Kier alpha value is -4.18. The van der Waals surface area contributed by atoms with Gasteiger partial charge in [0.2, 0.25) is 5.91 Å². The van der Waals surface area contributed by atoms with Gasteiger partial charge >= 0.3 is 0 Å². The van der Waals surface area contributed by atoms with E-state index in [0.29, 0.717) is 29.9 Å². The zero-order valence-corrected chi connectivity index (χ0v) is 18.1. The first-order valence-electron chi connectivity index (χ1n) is 11.1. The number of hydrogen-bond acceptors (Lipinski definition) is 5. The summed E-state index contributed by atoms with van der Waals surface area (Å²) >= 11 is 0. The summed E-state index contributed by atoms with van der Waals surface area (Å²) in [6, 6.07) is 22.2. The first kappa shape index (κ1) is 20.7. The Morgan fingerprint density at radius 2 is 1.73 bits per heavy atom. The van der Waals surface area contributed by atoms with Crippen LogP contribution >= 0.6 is 0 Å². The molecule has 0 aliphatic heterocycles. The normalized spacial score (nSPS) is 18.2. The summed E-state index contributed by atoms with van der Waals surface area (Å²) in [5.41, 5.74) is 16.3. The third-order valence-corrected chi connectivity index (χ3v) is 6.54. The number of anilines is 1. The first-order chi connectivity index (χ1) is 16.0. The molecule has 4 aromatic rings. The summed E-state index contributed by atoms with van der Waals surface area (Å²) in [6.07, 6.45) is 2.92. The summed E-state index contributed by atoms with van der Waals surface area (Å²) in [4.78, 5) is 16.3. The van der Waals surface area contributed by atoms with E-state index in [9.17, 15) is 10.1 Å². The van der Waals surface area contributed by atoms with Crippen LogP contribution in [-0.2, 0) is 4.79 Å². The van der Waals surface area contributed by atoms with Crippen LogP contribution in [0, 0.1) is 17.2 Å². The van der Waals surface area contributed by atoms with Gasteiger partial charge in [0, 0.05) is 22.4 Å². The number of amides is 1. The zero-order valence-electron chi connectivity index (χ0n) is 18.1. The van der Waals surface area contributed by atoms with Crippen molar-refractivity contribution in [3.63, 3.8) is 0 Å². The first-order valence-corrected chi connectivity index (χ1v) is 11.1. The minimum Gasteiger partial charge on any atom is -0.383 e. The molecule has 0 saturated heterocycles. The van der Waals surface area contributed by atoms with Crippen LogP contribution in [-0.4, -0.2) is 20.7 Å². The molecule has 0 spiro atoms. The molecule has 5 rings (SSSR count). The molecule has 2 heterocycles. The molecule has 0 bridgehead atoms. The maximum absolute atomic E-state index is 11.5. The van der Waals surface area contributed by atoms with Crippen molar-refractivity contribution in [1.82, 2.24) is 14.8 Å². The Kier molecular flexibility index (Phi) is 5.27. The third kappa shape index (κ3) is 3.80. The van der Waals surface area contributed by atoms with Gasteiger partial charge in [-0.15, -0.1) is 0 Å². The highest BCUT2D eigenvalue weighted by Gasteiger charge is 2.29. The largest absolute Gasteiger partial charge is 0.383 e. The van der Waals surface area contributed by atoms with Crippen LogP contribution < -0.4 is 11.5 Å². The fourth-order valence-electron chi connectivity index (χ4n) is 4.68. The lowest BCUT2D eigenvalue weighted by atomic mass is 9.85. The molecular formula is C26H24N6O. The quantitative estimate of drug-likeness (QED) is 0.489. The van der Waals surface area contributed by atoms with Crippen LogP contribution in [0.1, 0.15) is 37.3 Å². The molecule has 1 aliphatic carbocycles. The number of carbonyl (C=O) groups is 1. The summed E-state index contributed by atoms with van der Waals surface area (Å²) in [6.45, 7) is 0. The van der Waals surface area contributed by atoms with E-state index in [0.717, 1.165) is 40.6 Å². The molecule has 4 N–H and O–H groups in total. The second-order valence-corrected chi connectivity index (χ2v) is 8.54. The highest BCUT2D eigenvalue weighted by Crippen LogP contribution is 2.37. The summed E-state index contributed by atoms with van der Waals surface area (Å²) in [5, 5.41) is 15.6. The zero-order chi connectivity index (χ0) is 22.9. The molecule has 1 amide bonds. The van der Waals surface area contributed by atoms with Gasteiger partial charge in [0.05, 0.1) is 17.3 Å². The van der Waals surface area contributed by atoms with Crippen LogP contribution in [0.25, 0.3) is 33.4 Å². The van der Waals surface area contributed by atoms with E-state index in [1.54, 1.807) is 4.68 Å². The number of nitrogens with two attached hydrogens (primary N) is 2. The molecule has 7 nitrogen and oxygen atoms in total. The molecule has 1 fully saturated rings. The fourth-order valence-corrected chi connectivity index (χ4v) is 4.68. The van der Waals surface area contributed by atoms with E-state index in [1.807, 2.05) is 60.7 Å². The van der Waals surface area contributed by atoms with Crippen molar-refractivity contribution in [3.8, 4) is 28.6 Å². The molecule has 33 heavy (non-hydrogen) atoms. The minimum absolute atomic E-state index is 0.0460. The number of hydrogen-bond donors (Lipinski definition) is 2. The van der Waals surface area contributed by atoms with Crippen molar-refractivity contribution in [2.75, 3.05) is 5.73 Å². The van der Waals surface area contributed by atoms with Gasteiger partial charge in [-0.05, 0) is 37.8 Å². The summed E-state index contributed by atoms with van der Waals surface area (Å²) in [7, 11) is 0. The number of benzene rings is 2. The third-order valence-electron chi connectivity index (χ3n) is 6.54. The lowest BCUT2D eigenvalue weighted by molar-refractivity contribution is -0.122. The summed E-state index contributed by atoms with van der Waals surface area (Å²) in [5.74, 6) is 0.0123. The van der Waals surface area contributed by atoms with E-state index in [4.69, 9.17) is 21.5 Å². The predicted octanol–water partition coefficient (Wildman–Crippen LogP) is 4.44. The molecule has 164 valence electrons.